The van der Waals surface area contributed by atoms with Crippen molar-refractivity contribution in [1.29, 1.82) is 0 Å². The molecular formula is C22H26N2O5. The molecule has 3 atom stereocenters. The summed E-state index contributed by atoms with van der Waals surface area (Å²) in [6.07, 6.45) is 5.82. The number of benzene rings is 1. The summed E-state index contributed by atoms with van der Waals surface area (Å²) in [5.74, 6) is -2.27. The van der Waals surface area contributed by atoms with Gasteiger partial charge in [-0.05, 0) is 42.9 Å². The Morgan fingerprint density at radius 1 is 1.10 bits per heavy atom. The van der Waals surface area contributed by atoms with E-state index in [0.29, 0.717) is 24.4 Å². The standard InChI is InChI=1S/C22H26N2O5/c1-3-14(2)15-8-10-16(11-9-15)23-19(25)13-29-20(26)12-24-21(27)17-6-4-5-7-18(17)22(24)28/h4-5,8-11,14,17-18H,3,6-7,12-13H2,1-2H3,(H,23,25)/t14-,17-,18+/m0/s1. The van der Waals surface area contributed by atoms with Gasteiger partial charge < -0.3 is 10.1 Å². The highest BCUT2D eigenvalue weighted by Crippen LogP contribution is 2.34. The van der Waals surface area contributed by atoms with Gasteiger partial charge in [-0.25, -0.2) is 0 Å². The SMILES string of the molecule is CC[C@H](C)c1ccc(NC(=O)COC(=O)CN2C(=O)[C@H]3CC=CC[C@H]3C2=O)cc1. The molecule has 1 N–H and O–H groups in total. The number of amides is 3. The molecule has 3 amide bonds. The van der Waals surface area contributed by atoms with Crippen LogP contribution in [0, 0.1) is 11.8 Å². The zero-order valence-corrected chi connectivity index (χ0v) is 16.7. The fourth-order valence-electron chi connectivity index (χ4n) is 3.67. The highest BCUT2D eigenvalue weighted by molar-refractivity contribution is 6.07. The predicted molar refractivity (Wildman–Crippen MR) is 107 cm³/mol. The third-order valence-electron chi connectivity index (χ3n) is 5.63. The quantitative estimate of drug-likeness (QED) is 0.433. The van der Waals surface area contributed by atoms with Crippen LogP contribution < -0.4 is 5.32 Å². The minimum atomic E-state index is -0.777. The molecule has 1 aliphatic carbocycles. The fraction of sp³-hybridized carbons (Fsp3) is 0.455. The van der Waals surface area contributed by atoms with Gasteiger partial charge in [0.25, 0.3) is 5.91 Å². The van der Waals surface area contributed by atoms with Crippen LogP contribution in [-0.4, -0.2) is 41.7 Å². The van der Waals surface area contributed by atoms with E-state index in [9.17, 15) is 19.2 Å². The number of carbonyl (C=O) groups excluding carboxylic acids is 4. The summed E-state index contributed by atoms with van der Waals surface area (Å²) >= 11 is 0. The number of nitrogens with one attached hydrogen (secondary N) is 1. The molecule has 0 spiro atoms. The van der Waals surface area contributed by atoms with Crippen LogP contribution in [0.15, 0.2) is 36.4 Å². The number of esters is 1. The Bertz CT molecular complexity index is 804. The minimum Gasteiger partial charge on any atom is -0.454 e. The van der Waals surface area contributed by atoms with Gasteiger partial charge >= 0.3 is 5.97 Å². The van der Waals surface area contributed by atoms with E-state index in [-0.39, 0.29) is 23.7 Å². The van der Waals surface area contributed by atoms with E-state index < -0.39 is 25.0 Å². The van der Waals surface area contributed by atoms with E-state index in [1.54, 1.807) is 12.1 Å². The van der Waals surface area contributed by atoms with E-state index >= 15 is 0 Å². The lowest BCUT2D eigenvalue weighted by Gasteiger charge is -2.14. The maximum Gasteiger partial charge on any atom is 0.326 e. The van der Waals surface area contributed by atoms with E-state index in [0.717, 1.165) is 11.3 Å². The third-order valence-corrected chi connectivity index (χ3v) is 5.63. The van der Waals surface area contributed by atoms with Crippen molar-refractivity contribution in [2.24, 2.45) is 11.8 Å². The summed E-state index contributed by atoms with van der Waals surface area (Å²) in [4.78, 5) is 49.7. The van der Waals surface area contributed by atoms with E-state index in [1.807, 2.05) is 24.3 Å². The Balaban J connectivity index is 1.46. The highest BCUT2D eigenvalue weighted by atomic mass is 16.5. The van der Waals surface area contributed by atoms with Crippen LogP contribution in [0.25, 0.3) is 0 Å². The van der Waals surface area contributed by atoms with Crippen molar-refractivity contribution in [3.05, 3.63) is 42.0 Å². The Morgan fingerprint density at radius 2 is 1.69 bits per heavy atom. The molecule has 0 unspecified atom stereocenters. The van der Waals surface area contributed by atoms with Crippen molar-refractivity contribution in [2.45, 2.75) is 39.0 Å². The fourth-order valence-corrected chi connectivity index (χ4v) is 3.67. The number of fused-ring (bicyclic) bond motifs is 1. The molecule has 2 aliphatic rings. The Labute approximate surface area is 170 Å². The summed E-state index contributed by atoms with van der Waals surface area (Å²) in [5, 5.41) is 2.66. The van der Waals surface area contributed by atoms with Crippen LogP contribution in [0.2, 0.25) is 0 Å². The second-order valence-corrected chi connectivity index (χ2v) is 7.56. The van der Waals surface area contributed by atoms with Crippen LogP contribution in [0.3, 0.4) is 0 Å². The summed E-state index contributed by atoms with van der Waals surface area (Å²) < 4.78 is 4.95. The Hall–Kier alpha value is -2.96. The Morgan fingerprint density at radius 3 is 2.24 bits per heavy atom. The van der Waals surface area contributed by atoms with E-state index in [4.69, 9.17) is 4.74 Å². The normalized spacial score (nSPS) is 21.7. The lowest BCUT2D eigenvalue weighted by molar-refractivity contribution is -0.154. The molecule has 1 aromatic rings. The minimum absolute atomic E-state index is 0.341. The molecule has 0 radical (unpaired) electrons. The lowest BCUT2D eigenvalue weighted by Crippen LogP contribution is -2.37. The first-order valence-corrected chi connectivity index (χ1v) is 9.96. The van der Waals surface area contributed by atoms with Crippen molar-refractivity contribution < 1.29 is 23.9 Å². The number of likely N-dealkylation sites (tertiary alicyclic amines) is 1. The number of imide groups is 1. The van der Waals surface area contributed by atoms with Gasteiger partial charge in [0.15, 0.2) is 6.61 Å². The molecule has 3 rings (SSSR count). The number of ether oxygens (including phenoxy) is 1. The average molecular weight is 398 g/mol. The first-order valence-electron chi connectivity index (χ1n) is 9.96. The van der Waals surface area contributed by atoms with Crippen LogP contribution in [0.5, 0.6) is 0 Å². The van der Waals surface area contributed by atoms with Crippen molar-refractivity contribution in [2.75, 3.05) is 18.5 Å². The molecule has 1 aliphatic heterocycles. The van der Waals surface area contributed by atoms with E-state index in [1.165, 1.54) is 5.56 Å². The van der Waals surface area contributed by atoms with Crippen molar-refractivity contribution in [1.82, 2.24) is 4.90 Å². The third kappa shape index (κ3) is 4.72. The Kier molecular flexibility index (Phi) is 6.46. The van der Waals surface area contributed by atoms with Gasteiger partial charge in [0.1, 0.15) is 6.54 Å². The molecular weight excluding hydrogens is 372 g/mol. The zero-order chi connectivity index (χ0) is 21.0. The monoisotopic (exact) mass is 398 g/mol. The van der Waals surface area contributed by atoms with Crippen LogP contribution in [-0.2, 0) is 23.9 Å². The summed E-state index contributed by atoms with van der Waals surface area (Å²) in [6.45, 7) is 3.31. The second-order valence-electron chi connectivity index (χ2n) is 7.56. The average Bonchev–Trinajstić information content (AvgIpc) is 2.97. The first kappa shape index (κ1) is 20.8. The van der Waals surface area contributed by atoms with Gasteiger partial charge in [-0.1, -0.05) is 38.1 Å². The van der Waals surface area contributed by atoms with Crippen molar-refractivity contribution >= 4 is 29.4 Å². The number of carbonyl (C=O) groups is 4. The van der Waals surface area contributed by atoms with Gasteiger partial charge in [0.2, 0.25) is 11.8 Å². The van der Waals surface area contributed by atoms with Gasteiger partial charge in [-0.15, -0.1) is 0 Å². The zero-order valence-electron chi connectivity index (χ0n) is 16.7. The summed E-state index contributed by atoms with van der Waals surface area (Å²) in [5.41, 5.74) is 1.80. The molecule has 1 fully saturated rings. The number of nitrogens with zero attached hydrogens (tertiary/aromatic N) is 1. The van der Waals surface area contributed by atoms with Gasteiger partial charge in [-0.2, -0.15) is 0 Å². The molecule has 7 nitrogen and oxygen atoms in total. The van der Waals surface area contributed by atoms with Crippen LogP contribution in [0.1, 0.15) is 44.6 Å². The number of hydrogen-bond acceptors (Lipinski definition) is 5. The van der Waals surface area contributed by atoms with Crippen molar-refractivity contribution in [3.63, 3.8) is 0 Å². The van der Waals surface area contributed by atoms with Gasteiger partial charge in [0.05, 0.1) is 11.8 Å². The largest absolute Gasteiger partial charge is 0.454 e. The van der Waals surface area contributed by atoms with Gasteiger partial charge in [0, 0.05) is 5.69 Å². The maximum absolute atomic E-state index is 12.3. The molecule has 1 aromatic carbocycles. The predicted octanol–water partition coefficient (Wildman–Crippen LogP) is 2.63. The molecule has 29 heavy (non-hydrogen) atoms. The van der Waals surface area contributed by atoms with Crippen molar-refractivity contribution in [3.8, 4) is 0 Å². The molecule has 0 bridgehead atoms. The second kappa shape index (κ2) is 9.03. The number of anilines is 1. The summed E-state index contributed by atoms with van der Waals surface area (Å²) in [7, 11) is 0. The molecule has 7 heteroatoms. The highest BCUT2D eigenvalue weighted by Gasteiger charge is 2.47. The molecule has 1 heterocycles. The molecule has 1 saturated heterocycles. The van der Waals surface area contributed by atoms with Crippen LogP contribution >= 0.6 is 0 Å². The smallest absolute Gasteiger partial charge is 0.326 e. The molecule has 0 aromatic heterocycles. The lowest BCUT2D eigenvalue weighted by atomic mass is 9.85. The maximum atomic E-state index is 12.3. The topological polar surface area (TPSA) is 92.8 Å². The molecule has 0 saturated carbocycles. The number of rotatable bonds is 7. The number of allylic oxidation sites excluding steroid dienone is 2. The van der Waals surface area contributed by atoms with Crippen LogP contribution in [0.4, 0.5) is 5.69 Å². The van der Waals surface area contributed by atoms with Gasteiger partial charge in [-0.3, -0.25) is 24.1 Å². The van der Waals surface area contributed by atoms with E-state index in [2.05, 4.69) is 19.2 Å². The summed E-state index contributed by atoms with van der Waals surface area (Å²) in [6, 6.07) is 7.51. The number of hydrogen-bond donors (Lipinski definition) is 1. The molecule has 154 valence electrons. The first-order chi connectivity index (χ1) is 13.9.